The molecule has 2 aliphatic rings. The first-order valence-corrected chi connectivity index (χ1v) is 32.4. The Balaban J connectivity index is 1.53. The molecule has 2 aliphatic heterocycles. The summed E-state index contributed by atoms with van der Waals surface area (Å²) in [6, 6.07) is -0.938. The zero-order valence-electron chi connectivity index (χ0n) is 50.9. The van der Waals surface area contributed by atoms with Crippen molar-refractivity contribution in [3.63, 3.8) is 0 Å². The number of aliphatic hydroxyl groups excluding tert-OH is 8. The number of nitrogens with one attached hydrogen (secondary N) is 1. The number of hydrogen-bond donors (Lipinski definition) is 9. The maximum absolute atomic E-state index is 13.2. The molecular formula is C68H117NO13. The summed E-state index contributed by atoms with van der Waals surface area (Å²) < 4.78 is 22.7. The zero-order valence-corrected chi connectivity index (χ0v) is 50.9. The minimum Gasteiger partial charge on any atom is -0.394 e. The predicted molar refractivity (Wildman–Crippen MR) is 332 cm³/mol. The fourth-order valence-electron chi connectivity index (χ4n) is 10.2. The minimum absolute atomic E-state index is 0.257. The SMILES string of the molecule is C/C=C/CC/C=C/CC/C=C/C(O)C(COC1OC(CO)C(OC2OC(CO)C(O)C(O)C2O)C(O)C1O)NC(=O)CCCCCCCCCCCCCCCCCCCCCCCCC/C=C\C/C=C\C/C=C\C/C=C\C/C=C\CC. The summed E-state index contributed by atoms with van der Waals surface area (Å²) in [4.78, 5) is 13.2. The molecule has 82 heavy (non-hydrogen) atoms. The molecule has 12 unspecified atom stereocenters. The normalized spacial score (nSPS) is 24.6. The van der Waals surface area contributed by atoms with E-state index >= 15 is 0 Å². The predicted octanol–water partition coefficient (Wildman–Crippen LogP) is 12.2. The Labute approximate surface area is 496 Å². The highest BCUT2D eigenvalue weighted by Gasteiger charge is 2.51. The number of allylic oxidation sites excluding steroid dienone is 15. The van der Waals surface area contributed by atoms with Crippen molar-refractivity contribution < 1.29 is 64.6 Å². The minimum atomic E-state index is -1.79. The molecule has 0 spiro atoms. The van der Waals surface area contributed by atoms with E-state index in [1.807, 2.05) is 19.1 Å². The van der Waals surface area contributed by atoms with Crippen LogP contribution in [0.5, 0.6) is 0 Å². The van der Waals surface area contributed by atoms with Crippen LogP contribution < -0.4 is 5.32 Å². The summed E-state index contributed by atoms with van der Waals surface area (Å²) in [6.07, 6.45) is 56.8. The number of amides is 1. The molecule has 0 aromatic rings. The van der Waals surface area contributed by atoms with E-state index in [0.29, 0.717) is 12.8 Å². The highest BCUT2D eigenvalue weighted by atomic mass is 16.7. The highest BCUT2D eigenvalue weighted by Crippen LogP contribution is 2.30. The van der Waals surface area contributed by atoms with Crippen LogP contribution in [0.2, 0.25) is 0 Å². The van der Waals surface area contributed by atoms with Crippen LogP contribution in [0.4, 0.5) is 0 Å². The fourth-order valence-corrected chi connectivity index (χ4v) is 10.2. The molecule has 2 fully saturated rings. The number of carbonyl (C=O) groups is 1. The summed E-state index contributed by atoms with van der Waals surface area (Å²) in [5.74, 6) is -0.257. The van der Waals surface area contributed by atoms with Crippen molar-refractivity contribution in [2.45, 2.75) is 306 Å². The third-order valence-corrected chi connectivity index (χ3v) is 15.3. The average molecular weight is 1160 g/mol. The van der Waals surface area contributed by atoms with Crippen LogP contribution in [0.25, 0.3) is 0 Å². The Bertz CT molecular complexity index is 1740. The van der Waals surface area contributed by atoms with Crippen molar-refractivity contribution in [2.24, 2.45) is 0 Å². The first-order chi connectivity index (χ1) is 40.1. The largest absolute Gasteiger partial charge is 0.394 e. The third-order valence-electron chi connectivity index (χ3n) is 15.3. The van der Waals surface area contributed by atoms with E-state index in [-0.39, 0.29) is 18.9 Å². The van der Waals surface area contributed by atoms with Crippen molar-refractivity contribution in [3.8, 4) is 0 Å². The van der Waals surface area contributed by atoms with Gasteiger partial charge in [0.25, 0.3) is 0 Å². The van der Waals surface area contributed by atoms with Crippen molar-refractivity contribution in [3.05, 3.63) is 97.2 Å². The van der Waals surface area contributed by atoms with Crippen LogP contribution in [-0.2, 0) is 23.7 Å². The summed E-state index contributed by atoms with van der Waals surface area (Å²) in [5.41, 5.74) is 0. The van der Waals surface area contributed by atoms with Gasteiger partial charge in [-0.15, -0.1) is 0 Å². The number of carbonyl (C=O) groups excluding carboxylic acids is 1. The molecule has 0 aliphatic carbocycles. The molecule has 2 rings (SSSR count). The number of hydrogen-bond acceptors (Lipinski definition) is 13. The van der Waals surface area contributed by atoms with Crippen molar-refractivity contribution in [1.82, 2.24) is 5.32 Å². The molecule has 0 bridgehead atoms. The molecule has 2 heterocycles. The molecule has 0 aromatic heterocycles. The molecule has 1 amide bonds. The van der Waals surface area contributed by atoms with Crippen LogP contribution in [0.15, 0.2) is 97.2 Å². The molecule has 472 valence electrons. The fraction of sp³-hybridized carbons (Fsp3) is 0.750. The van der Waals surface area contributed by atoms with Gasteiger partial charge in [0.05, 0.1) is 32.0 Å². The van der Waals surface area contributed by atoms with Gasteiger partial charge >= 0.3 is 0 Å². The van der Waals surface area contributed by atoms with Gasteiger partial charge in [-0.1, -0.05) is 239 Å². The van der Waals surface area contributed by atoms with Crippen LogP contribution in [0, 0.1) is 0 Å². The molecule has 0 radical (unpaired) electrons. The van der Waals surface area contributed by atoms with Gasteiger partial charge < -0.3 is 65.1 Å². The maximum atomic E-state index is 13.2. The quantitative estimate of drug-likeness (QED) is 0.0204. The molecule has 9 N–H and O–H groups in total. The second-order valence-electron chi connectivity index (χ2n) is 22.5. The van der Waals surface area contributed by atoms with Crippen LogP contribution in [0.1, 0.15) is 232 Å². The van der Waals surface area contributed by atoms with Crippen LogP contribution >= 0.6 is 0 Å². The molecule has 2 saturated heterocycles. The van der Waals surface area contributed by atoms with Crippen LogP contribution in [0.3, 0.4) is 0 Å². The first kappa shape index (κ1) is 75.0. The summed E-state index contributed by atoms with van der Waals surface area (Å²) in [6.45, 7) is 2.41. The van der Waals surface area contributed by atoms with Gasteiger partial charge in [-0.25, -0.2) is 0 Å². The Morgan fingerprint density at radius 2 is 0.866 bits per heavy atom. The number of ether oxygens (including phenoxy) is 4. The summed E-state index contributed by atoms with van der Waals surface area (Å²) >= 11 is 0. The summed E-state index contributed by atoms with van der Waals surface area (Å²) in [5, 5.41) is 86.8. The van der Waals surface area contributed by atoms with E-state index < -0.39 is 86.8 Å². The first-order valence-electron chi connectivity index (χ1n) is 32.4. The Morgan fingerprint density at radius 1 is 0.463 bits per heavy atom. The molecular weight excluding hydrogens is 1040 g/mol. The smallest absolute Gasteiger partial charge is 0.220 e. The van der Waals surface area contributed by atoms with E-state index in [0.717, 1.165) is 70.6 Å². The molecule has 14 heteroatoms. The lowest BCUT2D eigenvalue weighted by molar-refractivity contribution is -0.359. The van der Waals surface area contributed by atoms with E-state index in [2.05, 4.69) is 91.2 Å². The van der Waals surface area contributed by atoms with Gasteiger partial charge in [-0.3, -0.25) is 4.79 Å². The van der Waals surface area contributed by atoms with Crippen molar-refractivity contribution >= 4 is 5.91 Å². The standard InChI is InChI=1S/C68H117NO13/c1-3-5-7-9-11-13-14-15-16-17-18-19-20-21-22-23-24-25-26-27-28-29-30-31-32-33-34-35-36-37-38-39-40-41-42-44-46-48-50-52-60(73)69-56(57(72)51-49-47-45-43-12-10-8-6-4-2)55-79-67-65(78)63(76)66(59(54-71)81-67)82-68-64(77)62(75)61(74)58(53-70)80-68/h4-7,11-13,15-16,18-19,21-22,43,49,51,56-59,61-68,70-72,74-78H,3,8-10,14,17,20,23-42,44-48,50,52-55H2,1-2H3,(H,69,73)/b6-4+,7-5-,13-11-,16-15-,19-18-,22-21-,43-12+,51-49+. The molecule has 14 nitrogen and oxygen atoms in total. The molecule has 0 aromatic carbocycles. The maximum Gasteiger partial charge on any atom is 0.220 e. The molecule has 0 saturated carbocycles. The number of unbranched alkanes of at least 4 members (excludes halogenated alkanes) is 25. The van der Waals surface area contributed by atoms with Crippen LogP contribution in [-0.4, -0.2) is 140 Å². The Kier molecular flexibility index (Phi) is 47.8. The van der Waals surface area contributed by atoms with Gasteiger partial charge in [-0.2, -0.15) is 0 Å². The lowest BCUT2D eigenvalue weighted by Crippen LogP contribution is -2.65. The Hall–Kier alpha value is -3.09. The van der Waals surface area contributed by atoms with E-state index in [1.54, 1.807) is 6.08 Å². The topological polar surface area (TPSA) is 228 Å². The third kappa shape index (κ3) is 36.7. The summed E-state index contributed by atoms with van der Waals surface area (Å²) in [7, 11) is 0. The van der Waals surface area contributed by atoms with Gasteiger partial charge in [0.15, 0.2) is 12.6 Å². The van der Waals surface area contributed by atoms with E-state index in [9.17, 15) is 45.6 Å². The van der Waals surface area contributed by atoms with Gasteiger partial charge in [0.2, 0.25) is 5.91 Å². The Morgan fingerprint density at radius 3 is 1.34 bits per heavy atom. The van der Waals surface area contributed by atoms with Gasteiger partial charge in [-0.05, 0) is 84.0 Å². The molecule has 12 atom stereocenters. The van der Waals surface area contributed by atoms with Gasteiger partial charge in [0.1, 0.15) is 48.8 Å². The second-order valence-corrected chi connectivity index (χ2v) is 22.5. The monoisotopic (exact) mass is 1160 g/mol. The van der Waals surface area contributed by atoms with Gasteiger partial charge in [0, 0.05) is 6.42 Å². The van der Waals surface area contributed by atoms with Crippen molar-refractivity contribution in [1.29, 1.82) is 0 Å². The number of aliphatic hydroxyl groups is 8. The number of rotatable bonds is 51. The lowest BCUT2D eigenvalue weighted by Gasteiger charge is -2.46. The zero-order chi connectivity index (χ0) is 59.5. The van der Waals surface area contributed by atoms with Crippen molar-refractivity contribution in [2.75, 3.05) is 19.8 Å². The van der Waals surface area contributed by atoms with E-state index in [4.69, 9.17) is 18.9 Å². The average Bonchev–Trinajstić information content (AvgIpc) is 3.24. The lowest BCUT2D eigenvalue weighted by atomic mass is 9.97. The van der Waals surface area contributed by atoms with E-state index in [1.165, 1.54) is 128 Å². The highest BCUT2D eigenvalue weighted by molar-refractivity contribution is 5.76. The second kappa shape index (κ2) is 52.3.